The van der Waals surface area contributed by atoms with Gasteiger partial charge in [-0.1, -0.05) is 48.5 Å². The standard InChI is InChI=1S/C25H26N4O5/c1-15(2)29-22(11-12-26-29)28-24(32)21(13-23(30)31)27-25(33)34-14-20-18-9-5-3-7-16(18)17-8-4-6-10-19(17)20/h3-12,15,20-21H,13-14H2,1-2H3,(H,27,33)(H,28,32)(H,30,31). The molecule has 1 aliphatic carbocycles. The Labute approximate surface area is 196 Å². The van der Waals surface area contributed by atoms with Crippen molar-refractivity contribution in [2.24, 2.45) is 0 Å². The summed E-state index contributed by atoms with van der Waals surface area (Å²) < 4.78 is 7.04. The summed E-state index contributed by atoms with van der Waals surface area (Å²) in [5.74, 6) is -1.63. The van der Waals surface area contributed by atoms with Crippen LogP contribution in [0.2, 0.25) is 0 Å². The number of nitrogens with one attached hydrogen (secondary N) is 2. The minimum Gasteiger partial charge on any atom is -0.481 e. The highest BCUT2D eigenvalue weighted by Crippen LogP contribution is 2.44. The van der Waals surface area contributed by atoms with Gasteiger partial charge in [-0.15, -0.1) is 0 Å². The molecule has 0 saturated heterocycles. The molecule has 2 aromatic carbocycles. The smallest absolute Gasteiger partial charge is 0.407 e. The highest BCUT2D eigenvalue weighted by Gasteiger charge is 2.30. The zero-order valence-electron chi connectivity index (χ0n) is 18.9. The van der Waals surface area contributed by atoms with Gasteiger partial charge in [0.2, 0.25) is 5.91 Å². The van der Waals surface area contributed by atoms with Crippen LogP contribution in [0.3, 0.4) is 0 Å². The first-order valence-corrected chi connectivity index (χ1v) is 11.0. The lowest BCUT2D eigenvalue weighted by atomic mass is 9.98. The van der Waals surface area contributed by atoms with Gasteiger partial charge in [0, 0.05) is 18.0 Å². The van der Waals surface area contributed by atoms with Crippen molar-refractivity contribution in [2.75, 3.05) is 11.9 Å². The molecule has 1 atom stereocenters. The summed E-state index contributed by atoms with van der Waals surface area (Å²) in [6.45, 7) is 3.85. The van der Waals surface area contributed by atoms with Crippen molar-refractivity contribution in [1.29, 1.82) is 0 Å². The molecule has 34 heavy (non-hydrogen) atoms. The maximum atomic E-state index is 12.8. The van der Waals surface area contributed by atoms with Crippen LogP contribution in [0.25, 0.3) is 11.1 Å². The fourth-order valence-electron chi connectivity index (χ4n) is 4.20. The monoisotopic (exact) mass is 462 g/mol. The number of aliphatic carboxylic acids is 1. The molecule has 4 rings (SSSR count). The first kappa shape index (κ1) is 23.0. The van der Waals surface area contributed by atoms with Crippen molar-refractivity contribution in [3.63, 3.8) is 0 Å². The second kappa shape index (κ2) is 9.78. The van der Waals surface area contributed by atoms with Gasteiger partial charge in [0.05, 0.1) is 12.6 Å². The number of ether oxygens (including phenoxy) is 1. The number of rotatable bonds is 8. The molecule has 0 fully saturated rings. The molecule has 2 amide bonds. The van der Waals surface area contributed by atoms with Crippen molar-refractivity contribution in [2.45, 2.75) is 38.3 Å². The number of amides is 2. The number of anilines is 1. The Morgan fingerprint density at radius 2 is 1.65 bits per heavy atom. The lowest BCUT2D eigenvalue weighted by Crippen LogP contribution is -2.45. The zero-order chi connectivity index (χ0) is 24.2. The fourth-order valence-corrected chi connectivity index (χ4v) is 4.20. The molecule has 9 heteroatoms. The minimum absolute atomic E-state index is 0.0154. The Hall–Kier alpha value is -4.14. The average molecular weight is 463 g/mol. The predicted molar refractivity (Wildman–Crippen MR) is 125 cm³/mol. The van der Waals surface area contributed by atoms with E-state index in [-0.39, 0.29) is 18.6 Å². The number of aromatic nitrogens is 2. The van der Waals surface area contributed by atoms with Crippen molar-refractivity contribution in [1.82, 2.24) is 15.1 Å². The second-order valence-electron chi connectivity index (χ2n) is 8.36. The number of hydrogen-bond donors (Lipinski definition) is 3. The molecule has 1 aromatic heterocycles. The number of benzene rings is 2. The molecule has 1 aliphatic rings. The van der Waals surface area contributed by atoms with Crippen molar-refractivity contribution in [3.05, 3.63) is 71.9 Å². The third-order valence-electron chi connectivity index (χ3n) is 5.74. The van der Waals surface area contributed by atoms with Crippen molar-refractivity contribution < 1.29 is 24.2 Å². The molecule has 0 bridgehead atoms. The van der Waals surface area contributed by atoms with Gasteiger partial charge in [-0.3, -0.25) is 9.59 Å². The van der Waals surface area contributed by atoms with Crippen LogP contribution >= 0.6 is 0 Å². The number of fused-ring (bicyclic) bond motifs is 3. The number of carboxylic acids is 1. The number of carbonyl (C=O) groups excluding carboxylic acids is 2. The second-order valence-corrected chi connectivity index (χ2v) is 8.36. The first-order chi connectivity index (χ1) is 16.3. The summed E-state index contributed by atoms with van der Waals surface area (Å²) in [5, 5.41) is 18.4. The van der Waals surface area contributed by atoms with E-state index in [1.807, 2.05) is 62.4 Å². The molecular formula is C25H26N4O5. The quantitative estimate of drug-likeness (QED) is 0.468. The lowest BCUT2D eigenvalue weighted by molar-refractivity contribution is -0.139. The van der Waals surface area contributed by atoms with E-state index < -0.39 is 30.4 Å². The molecule has 0 saturated carbocycles. The Morgan fingerprint density at radius 3 is 2.24 bits per heavy atom. The summed E-state index contributed by atoms with van der Waals surface area (Å²) in [5.41, 5.74) is 4.30. The summed E-state index contributed by atoms with van der Waals surface area (Å²) >= 11 is 0. The third kappa shape index (κ3) is 4.78. The molecule has 0 aliphatic heterocycles. The molecule has 176 valence electrons. The maximum Gasteiger partial charge on any atom is 0.407 e. The summed E-state index contributed by atoms with van der Waals surface area (Å²) in [6, 6.07) is 16.1. The molecule has 3 N–H and O–H groups in total. The van der Waals surface area contributed by atoms with Gasteiger partial charge in [-0.25, -0.2) is 9.48 Å². The topological polar surface area (TPSA) is 123 Å². The van der Waals surface area contributed by atoms with E-state index in [1.165, 1.54) is 6.20 Å². The lowest BCUT2D eigenvalue weighted by Gasteiger charge is -2.19. The zero-order valence-corrected chi connectivity index (χ0v) is 18.9. The summed E-state index contributed by atoms with van der Waals surface area (Å²) in [6.07, 6.45) is 0.0766. The van der Waals surface area contributed by atoms with Gasteiger partial charge in [-0.05, 0) is 36.1 Å². The Balaban J connectivity index is 1.43. The molecular weight excluding hydrogens is 436 g/mol. The largest absolute Gasteiger partial charge is 0.481 e. The van der Waals surface area contributed by atoms with Crippen LogP contribution in [0.1, 0.15) is 43.4 Å². The SMILES string of the molecule is CC(C)n1nccc1NC(=O)C(CC(=O)O)NC(=O)OCC1c2ccccc2-c2ccccc21. The summed E-state index contributed by atoms with van der Waals surface area (Å²) in [7, 11) is 0. The Kier molecular flexibility index (Phi) is 6.62. The first-order valence-electron chi connectivity index (χ1n) is 11.0. The van der Waals surface area contributed by atoms with Gasteiger partial charge in [0.1, 0.15) is 18.5 Å². The molecule has 1 unspecified atom stereocenters. The number of hydrogen-bond acceptors (Lipinski definition) is 5. The van der Waals surface area contributed by atoms with Crippen LogP contribution in [-0.4, -0.2) is 45.5 Å². The van der Waals surface area contributed by atoms with Crippen LogP contribution in [0.15, 0.2) is 60.8 Å². The third-order valence-corrected chi connectivity index (χ3v) is 5.74. The van der Waals surface area contributed by atoms with Gasteiger partial charge in [0.25, 0.3) is 0 Å². The van der Waals surface area contributed by atoms with Gasteiger partial charge >= 0.3 is 12.1 Å². The van der Waals surface area contributed by atoms with Crippen LogP contribution < -0.4 is 10.6 Å². The van der Waals surface area contributed by atoms with Crippen molar-refractivity contribution >= 4 is 23.8 Å². The van der Waals surface area contributed by atoms with Gasteiger partial charge in [-0.2, -0.15) is 5.10 Å². The van der Waals surface area contributed by atoms with Gasteiger partial charge < -0.3 is 20.5 Å². The van der Waals surface area contributed by atoms with Crippen LogP contribution in [0.5, 0.6) is 0 Å². The van der Waals surface area contributed by atoms with Crippen LogP contribution in [0, 0.1) is 0 Å². The van der Waals surface area contributed by atoms with Crippen LogP contribution in [0.4, 0.5) is 10.6 Å². The highest BCUT2D eigenvalue weighted by atomic mass is 16.5. The maximum absolute atomic E-state index is 12.8. The number of carboxylic acid groups (broad SMARTS) is 1. The molecule has 0 radical (unpaired) electrons. The van der Waals surface area contributed by atoms with E-state index in [9.17, 15) is 19.5 Å². The minimum atomic E-state index is -1.32. The number of alkyl carbamates (subject to hydrolysis) is 1. The fraction of sp³-hybridized carbons (Fsp3) is 0.280. The number of nitrogens with zero attached hydrogens (tertiary/aromatic N) is 2. The van der Waals surface area contributed by atoms with E-state index in [1.54, 1.807) is 10.7 Å². The van der Waals surface area contributed by atoms with E-state index in [4.69, 9.17) is 4.74 Å². The van der Waals surface area contributed by atoms with E-state index >= 15 is 0 Å². The van der Waals surface area contributed by atoms with Gasteiger partial charge in [0.15, 0.2) is 0 Å². The normalized spacial score (nSPS) is 13.1. The molecule has 1 heterocycles. The number of carbonyl (C=O) groups is 3. The Morgan fingerprint density at radius 1 is 1.03 bits per heavy atom. The highest BCUT2D eigenvalue weighted by molar-refractivity contribution is 5.98. The van der Waals surface area contributed by atoms with E-state index in [2.05, 4.69) is 15.7 Å². The van der Waals surface area contributed by atoms with Crippen LogP contribution in [-0.2, 0) is 14.3 Å². The predicted octanol–water partition coefficient (Wildman–Crippen LogP) is 3.78. The van der Waals surface area contributed by atoms with Crippen molar-refractivity contribution in [3.8, 4) is 11.1 Å². The Bertz CT molecular complexity index is 1170. The summed E-state index contributed by atoms with van der Waals surface area (Å²) in [4.78, 5) is 36.7. The average Bonchev–Trinajstić information content (AvgIpc) is 3.39. The molecule has 0 spiro atoms. The van der Waals surface area contributed by atoms with E-state index in [0.717, 1.165) is 22.3 Å². The molecule has 3 aromatic rings. The molecule has 9 nitrogen and oxygen atoms in total. The van der Waals surface area contributed by atoms with E-state index in [0.29, 0.717) is 5.82 Å².